The number of allylic oxidation sites excluding steroid dienone is 1. The van der Waals surface area contributed by atoms with E-state index in [-0.39, 0.29) is 18.9 Å². The molecule has 126 valence electrons. The molecule has 3 unspecified atom stereocenters. The standard InChI is InChI=1S/C14H24N2O5S/c1-3-10(15-4-2)7-12(18)16-5-6-22-9-13-20-8-11(17)14(19)21-13/h3-4,11,13-14,17,19H,5-9H2,1-2H3,(H,16,18)/b10-3-,15-4?. The summed E-state index contributed by atoms with van der Waals surface area (Å²) in [4.78, 5) is 15.8. The first-order valence-electron chi connectivity index (χ1n) is 7.18. The Bertz CT molecular complexity index is 403. The van der Waals surface area contributed by atoms with Gasteiger partial charge in [0.05, 0.1) is 13.0 Å². The van der Waals surface area contributed by atoms with E-state index in [4.69, 9.17) is 9.47 Å². The lowest BCUT2D eigenvalue weighted by molar-refractivity contribution is -0.300. The fourth-order valence-electron chi connectivity index (χ4n) is 1.72. The predicted molar refractivity (Wildman–Crippen MR) is 85.7 cm³/mol. The number of hydrogen-bond acceptors (Lipinski definition) is 7. The van der Waals surface area contributed by atoms with Crippen molar-refractivity contribution in [2.24, 2.45) is 4.99 Å². The molecule has 3 atom stereocenters. The van der Waals surface area contributed by atoms with Crippen LogP contribution in [0.25, 0.3) is 0 Å². The van der Waals surface area contributed by atoms with Gasteiger partial charge in [-0.15, -0.1) is 0 Å². The maximum atomic E-state index is 11.7. The Morgan fingerprint density at radius 1 is 1.45 bits per heavy atom. The van der Waals surface area contributed by atoms with Crippen LogP contribution in [0.15, 0.2) is 16.8 Å². The average Bonchev–Trinajstić information content (AvgIpc) is 2.50. The number of thioether (sulfide) groups is 1. The molecule has 3 N–H and O–H groups in total. The van der Waals surface area contributed by atoms with Crippen LogP contribution in [0.1, 0.15) is 20.3 Å². The number of nitrogens with zero attached hydrogens (tertiary/aromatic N) is 1. The van der Waals surface area contributed by atoms with Gasteiger partial charge in [-0.3, -0.25) is 9.79 Å². The monoisotopic (exact) mass is 332 g/mol. The predicted octanol–water partition coefficient (Wildman–Crippen LogP) is 0.273. The van der Waals surface area contributed by atoms with Crippen molar-refractivity contribution in [1.29, 1.82) is 0 Å². The third kappa shape index (κ3) is 7.37. The van der Waals surface area contributed by atoms with Gasteiger partial charge >= 0.3 is 0 Å². The van der Waals surface area contributed by atoms with Crippen molar-refractivity contribution in [3.63, 3.8) is 0 Å². The summed E-state index contributed by atoms with van der Waals surface area (Å²) < 4.78 is 10.3. The van der Waals surface area contributed by atoms with Gasteiger partial charge in [0.1, 0.15) is 6.10 Å². The van der Waals surface area contributed by atoms with Crippen molar-refractivity contribution in [3.05, 3.63) is 11.8 Å². The number of hydrogen-bond donors (Lipinski definition) is 3. The minimum Gasteiger partial charge on any atom is -0.385 e. The van der Waals surface area contributed by atoms with Crippen molar-refractivity contribution in [1.82, 2.24) is 5.32 Å². The fraction of sp³-hybridized carbons (Fsp3) is 0.714. The number of rotatable bonds is 8. The van der Waals surface area contributed by atoms with E-state index in [9.17, 15) is 15.0 Å². The topological polar surface area (TPSA) is 100 Å². The smallest absolute Gasteiger partial charge is 0.226 e. The van der Waals surface area contributed by atoms with Crippen molar-refractivity contribution < 1.29 is 24.5 Å². The van der Waals surface area contributed by atoms with Gasteiger partial charge in [0.2, 0.25) is 5.91 Å². The summed E-state index contributed by atoms with van der Waals surface area (Å²) in [6, 6.07) is 0. The SMILES string of the molecule is CC=N/C(=C\C)CC(=O)NCCSCC1OCC(O)C(O)O1. The number of nitrogens with one attached hydrogen (secondary N) is 1. The average molecular weight is 332 g/mol. The molecule has 1 aliphatic heterocycles. The van der Waals surface area contributed by atoms with Gasteiger partial charge < -0.3 is 25.0 Å². The van der Waals surface area contributed by atoms with Crippen LogP contribution in [0.5, 0.6) is 0 Å². The Morgan fingerprint density at radius 3 is 2.86 bits per heavy atom. The summed E-state index contributed by atoms with van der Waals surface area (Å²) in [6.07, 6.45) is 1.02. The zero-order chi connectivity index (χ0) is 16.4. The summed E-state index contributed by atoms with van der Waals surface area (Å²) >= 11 is 1.54. The molecule has 1 amide bonds. The highest BCUT2D eigenvalue weighted by molar-refractivity contribution is 7.99. The highest BCUT2D eigenvalue weighted by Gasteiger charge is 2.28. The van der Waals surface area contributed by atoms with E-state index >= 15 is 0 Å². The van der Waals surface area contributed by atoms with E-state index in [1.54, 1.807) is 6.21 Å². The number of carbonyl (C=O) groups excluding carboxylic acids is 1. The molecule has 0 aromatic carbocycles. The van der Waals surface area contributed by atoms with Crippen LogP contribution in [0.2, 0.25) is 0 Å². The Morgan fingerprint density at radius 2 is 2.23 bits per heavy atom. The quantitative estimate of drug-likeness (QED) is 0.436. The van der Waals surface area contributed by atoms with Crippen LogP contribution in [0, 0.1) is 0 Å². The van der Waals surface area contributed by atoms with Crippen molar-refractivity contribution in [3.8, 4) is 0 Å². The van der Waals surface area contributed by atoms with Gasteiger partial charge in [0, 0.05) is 30.0 Å². The van der Waals surface area contributed by atoms with Crippen LogP contribution in [0.4, 0.5) is 0 Å². The number of carbonyl (C=O) groups is 1. The van der Waals surface area contributed by atoms with E-state index in [2.05, 4.69) is 10.3 Å². The maximum absolute atomic E-state index is 11.7. The fourth-order valence-corrected chi connectivity index (χ4v) is 2.50. The van der Waals surface area contributed by atoms with Crippen molar-refractivity contribution in [2.45, 2.75) is 39.0 Å². The second-order valence-electron chi connectivity index (χ2n) is 4.63. The summed E-state index contributed by atoms with van der Waals surface area (Å²) in [5, 5.41) is 21.4. The molecule has 8 heteroatoms. The number of aliphatic hydroxyl groups excluding tert-OH is 2. The molecule has 0 bridgehead atoms. The Labute approximate surface area is 134 Å². The zero-order valence-corrected chi connectivity index (χ0v) is 13.7. The number of aliphatic imine (C=N–C) groups is 1. The van der Waals surface area contributed by atoms with Gasteiger partial charge in [0.15, 0.2) is 12.6 Å². The molecule has 0 radical (unpaired) electrons. The second-order valence-corrected chi connectivity index (χ2v) is 5.78. The second kappa shape index (κ2) is 10.7. The van der Waals surface area contributed by atoms with Crippen LogP contribution in [0.3, 0.4) is 0 Å². The van der Waals surface area contributed by atoms with Gasteiger partial charge in [-0.1, -0.05) is 6.08 Å². The molecular formula is C14H24N2O5S. The molecule has 1 aliphatic rings. The lowest BCUT2D eigenvalue weighted by Crippen LogP contribution is -2.44. The molecule has 1 saturated heterocycles. The third-order valence-corrected chi connectivity index (χ3v) is 3.87. The van der Waals surface area contributed by atoms with Gasteiger partial charge in [-0.05, 0) is 13.8 Å². The van der Waals surface area contributed by atoms with E-state index in [1.165, 1.54) is 11.8 Å². The Balaban J connectivity index is 2.09. The number of amides is 1. The molecular weight excluding hydrogens is 308 g/mol. The molecule has 1 rings (SSSR count). The molecule has 0 aromatic rings. The van der Waals surface area contributed by atoms with Crippen LogP contribution in [-0.4, -0.2) is 65.7 Å². The minimum atomic E-state index is -1.20. The molecule has 1 fully saturated rings. The van der Waals surface area contributed by atoms with Crippen LogP contribution >= 0.6 is 11.8 Å². The van der Waals surface area contributed by atoms with E-state index in [0.717, 1.165) is 5.70 Å². The maximum Gasteiger partial charge on any atom is 0.226 e. The minimum absolute atomic E-state index is 0.0627. The van der Waals surface area contributed by atoms with E-state index < -0.39 is 18.7 Å². The summed E-state index contributed by atoms with van der Waals surface area (Å²) in [5.41, 5.74) is 0.740. The van der Waals surface area contributed by atoms with Crippen LogP contribution in [-0.2, 0) is 14.3 Å². The van der Waals surface area contributed by atoms with Crippen molar-refractivity contribution >= 4 is 23.9 Å². The van der Waals surface area contributed by atoms with Gasteiger partial charge in [0.25, 0.3) is 0 Å². The molecule has 0 aromatic heterocycles. The Kier molecular flexibility index (Phi) is 9.33. The molecule has 1 heterocycles. The lowest BCUT2D eigenvalue weighted by atomic mass is 10.3. The van der Waals surface area contributed by atoms with Gasteiger partial charge in [-0.25, -0.2) is 0 Å². The largest absolute Gasteiger partial charge is 0.385 e. The molecule has 0 aliphatic carbocycles. The highest BCUT2D eigenvalue weighted by Crippen LogP contribution is 2.15. The molecule has 7 nitrogen and oxygen atoms in total. The summed E-state index contributed by atoms with van der Waals surface area (Å²) in [7, 11) is 0. The van der Waals surface area contributed by atoms with Crippen LogP contribution < -0.4 is 5.32 Å². The van der Waals surface area contributed by atoms with Crippen molar-refractivity contribution in [2.75, 3.05) is 24.7 Å². The van der Waals surface area contributed by atoms with E-state index in [0.29, 0.717) is 18.1 Å². The lowest BCUT2D eigenvalue weighted by Gasteiger charge is -2.30. The number of ether oxygens (including phenoxy) is 2. The summed E-state index contributed by atoms with van der Waals surface area (Å²) in [5.74, 6) is 1.17. The Hall–Kier alpha value is -0.930. The number of aliphatic hydroxyl groups is 2. The first-order chi connectivity index (χ1) is 10.6. The highest BCUT2D eigenvalue weighted by atomic mass is 32.2. The molecule has 0 spiro atoms. The first-order valence-corrected chi connectivity index (χ1v) is 8.33. The summed E-state index contributed by atoms with van der Waals surface area (Å²) in [6.45, 7) is 4.26. The zero-order valence-electron chi connectivity index (χ0n) is 12.9. The first kappa shape index (κ1) is 19.1. The van der Waals surface area contributed by atoms with E-state index in [1.807, 2.05) is 19.9 Å². The van der Waals surface area contributed by atoms with Gasteiger partial charge in [-0.2, -0.15) is 11.8 Å². The normalized spacial score (nSPS) is 26.4. The molecule has 22 heavy (non-hydrogen) atoms. The third-order valence-electron chi connectivity index (χ3n) is 2.87. The molecule has 0 saturated carbocycles.